The van der Waals surface area contributed by atoms with Crippen LogP contribution in [0.5, 0.6) is 5.75 Å². The van der Waals surface area contributed by atoms with Crippen molar-refractivity contribution in [1.29, 1.82) is 0 Å². The van der Waals surface area contributed by atoms with Gasteiger partial charge >= 0.3 is 0 Å². The predicted octanol–water partition coefficient (Wildman–Crippen LogP) is 1.96. The van der Waals surface area contributed by atoms with Crippen LogP contribution in [0.25, 0.3) is 0 Å². The molecule has 0 bridgehead atoms. The van der Waals surface area contributed by atoms with Crippen LogP contribution in [0, 0.1) is 17.0 Å². The molecular formula is C18H21N3O6S. The molecule has 0 aliphatic heterocycles. The van der Waals surface area contributed by atoms with Gasteiger partial charge in [0.05, 0.1) is 16.4 Å². The zero-order chi connectivity index (χ0) is 20.9. The third kappa shape index (κ3) is 5.05. The highest BCUT2D eigenvalue weighted by atomic mass is 32.2. The number of hydrogen-bond acceptors (Lipinski definition) is 6. The molecule has 0 saturated heterocycles. The number of carbonyl (C=O) groups is 1. The minimum Gasteiger partial charge on any atom is -0.492 e. The molecule has 0 atom stereocenters. The molecule has 28 heavy (non-hydrogen) atoms. The van der Waals surface area contributed by atoms with E-state index in [1.54, 1.807) is 6.92 Å². The van der Waals surface area contributed by atoms with Crippen LogP contribution in [0.15, 0.2) is 47.4 Å². The first-order valence-corrected chi connectivity index (χ1v) is 9.75. The highest BCUT2D eigenvalue weighted by molar-refractivity contribution is 7.89. The van der Waals surface area contributed by atoms with Crippen molar-refractivity contribution in [2.45, 2.75) is 11.8 Å². The standard InChI is InChI=1S/C18H21N3O6S/c1-13-4-5-14(12-17(13)21(23)24)18(22)19-10-11-27-15-6-8-16(9-7-15)28(25,26)20(2)3/h4-9,12H,10-11H2,1-3H3,(H,19,22). The van der Waals surface area contributed by atoms with E-state index in [-0.39, 0.29) is 29.3 Å². The first-order chi connectivity index (χ1) is 13.1. The number of nitro benzene ring substituents is 1. The lowest BCUT2D eigenvalue weighted by molar-refractivity contribution is -0.385. The molecule has 0 spiro atoms. The summed E-state index contributed by atoms with van der Waals surface area (Å²) in [7, 11) is -0.602. The van der Waals surface area contributed by atoms with E-state index >= 15 is 0 Å². The van der Waals surface area contributed by atoms with Crippen LogP contribution in [-0.4, -0.2) is 50.8 Å². The fraction of sp³-hybridized carbons (Fsp3) is 0.278. The Labute approximate surface area is 163 Å². The molecule has 1 amide bonds. The monoisotopic (exact) mass is 407 g/mol. The maximum Gasteiger partial charge on any atom is 0.273 e. The van der Waals surface area contributed by atoms with Crippen molar-refractivity contribution in [2.75, 3.05) is 27.2 Å². The number of amides is 1. The van der Waals surface area contributed by atoms with Crippen molar-refractivity contribution in [3.63, 3.8) is 0 Å². The molecule has 10 heteroatoms. The highest BCUT2D eigenvalue weighted by Crippen LogP contribution is 2.19. The van der Waals surface area contributed by atoms with Crippen molar-refractivity contribution in [3.05, 3.63) is 63.7 Å². The van der Waals surface area contributed by atoms with Gasteiger partial charge in [0.2, 0.25) is 10.0 Å². The van der Waals surface area contributed by atoms with Crippen LogP contribution in [0.3, 0.4) is 0 Å². The van der Waals surface area contributed by atoms with Crippen LogP contribution in [-0.2, 0) is 10.0 Å². The average Bonchev–Trinajstić information content (AvgIpc) is 2.65. The molecule has 9 nitrogen and oxygen atoms in total. The van der Waals surface area contributed by atoms with Gasteiger partial charge in [-0.05, 0) is 37.3 Å². The third-order valence-electron chi connectivity index (χ3n) is 3.93. The second kappa shape index (κ2) is 8.81. The molecule has 0 aromatic heterocycles. The number of sulfonamides is 1. The normalized spacial score (nSPS) is 11.3. The van der Waals surface area contributed by atoms with E-state index in [2.05, 4.69) is 5.32 Å². The van der Waals surface area contributed by atoms with E-state index in [9.17, 15) is 23.3 Å². The van der Waals surface area contributed by atoms with Gasteiger partial charge in [0.1, 0.15) is 12.4 Å². The molecule has 0 heterocycles. The molecule has 1 N–H and O–H groups in total. The molecular weight excluding hydrogens is 386 g/mol. The van der Waals surface area contributed by atoms with Crippen molar-refractivity contribution in [3.8, 4) is 5.75 Å². The summed E-state index contributed by atoms with van der Waals surface area (Å²) < 4.78 is 30.6. The third-order valence-corrected chi connectivity index (χ3v) is 5.76. The lowest BCUT2D eigenvalue weighted by atomic mass is 10.1. The highest BCUT2D eigenvalue weighted by Gasteiger charge is 2.17. The van der Waals surface area contributed by atoms with Crippen molar-refractivity contribution < 1.29 is 22.9 Å². The molecule has 0 fully saturated rings. The zero-order valence-corrected chi connectivity index (χ0v) is 16.5. The number of nitrogens with one attached hydrogen (secondary N) is 1. The van der Waals surface area contributed by atoms with E-state index < -0.39 is 20.9 Å². The Morgan fingerprint density at radius 3 is 2.39 bits per heavy atom. The average molecular weight is 407 g/mol. The van der Waals surface area contributed by atoms with E-state index in [0.717, 1.165) is 4.31 Å². The molecule has 0 aliphatic carbocycles. The zero-order valence-electron chi connectivity index (χ0n) is 15.7. The van der Waals surface area contributed by atoms with Gasteiger partial charge in [0.25, 0.3) is 11.6 Å². The van der Waals surface area contributed by atoms with E-state index in [4.69, 9.17) is 4.74 Å². The number of aryl methyl sites for hydroxylation is 1. The number of nitro groups is 1. The SMILES string of the molecule is Cc1ccc(C(=O)NCCOc2ccc(S(=O)(=O)N(C)C)cc2)cc1[N+](=O)[O-]. The molecule has 0 unspecified atom stereocenters. The molecule has 2 rings (SSSR count). The van der Waals surface area contributed by atoms with Crippen LogP contribution in [0.4, 0.5) is 5.69 Å². The Bertz CT molecular complexity index is 971. The number of nitrogens with zero attached hydrogens (tertiary/aromatic N) is 2. The fourth-order valence-electron chi connectivity index (χ4n) is 2.30. The summed E-state index contributed by atoms with van der Waals surface area (Å²) in [5, 5.41) is 13.6. The summed E-state index contributed by atoms with van der Waals surface area (Å²) in [6.07, 6.45) is 0. The molecule has 0 aliphatic rings. The Hall–Kier alpha value is -2.98. The number of ether oxygens (including phenoxy) is 1. The molecule has 2 aromatic carbocycles. The Kier molecular flexibility index (Phi) is 6.71. The lowest BCUT2D eigenvalue weighted by Crippen LogP contribution is -2.28. The molecule has 150 valence electrons. The summed E-state index contributed by atoms with van der Waals surface area (Å²) in [5.74, 6) is 0.0112. The van der Waals surface area contributed by atoms with Crippen molar-refractivity contribution in [2.24, 2.45) is 0 Å². The Morgan fingerprint density at radius 1 is 1.18 bits per heavy atom. The van der Waals surface area contributed by atoms with Gasteiger partial charge in [-0.1, -0.05) is 6.07 Å². The van der Waals surface area contributed by atoms with E-state index in [1.807, 2.05) is 0 Å². The number of rotatable bonds is 8. The van der Waals surface area contributed by atoms with Crippen LogP contribution >= 0.6 is 0 Å². The Balaban J connectivity index is 1.88. The Morgan fingerprint density at radius 2 is 1.82 bits per heavy atom. The maximum atomic E-state index is 12.1. The van der Waals surface area contributed by atoms with Gasteiger partial charge in [0, 0.05) is 31.3 Å². The first kappa shape index (κ1) is 21.3. The first-order valence-electron chi connectivity index (χ1n) is 8.31. The summed E-state index contributed by atoms with van der Waals surface area (Å²) in [6, 6.07) is 10.2. The molecule has 0 saturated carbocycles. The topological polar surface area (TPSA) is 119 Å². The number of hydrogen-bond donors (Lipinski definition) is 1. The van der Waals surface area contributed by atoms with Gasteiger partial charge in [-0.25, -0.2) is 12.7 Å². The largest absolute Gasteiger partial charge is 0.492 e. The van der Waals surface area contributed by atoms with E-state index in [0.29, 0.717) is 11.3 Å². The molecule has 0 radical (unpaired) electrons. The summed E-state index contributed by atoms with van der Waals surface area (Å²) >= 11 is 0. The van der Waals surface area contributed by atoms with Crippen LogP contribution in [0.1, 0.15) is 15.9 Å². The predicted molar refractivity (Wildman–Crippen MR) is 103 cm³/mol. The van der Waals surface area contributed by atoms with Crippen molar-refractivity contribution >= 4 is 21.6 Å². The minimum absolute atomic E-state index is 0.114. The summed E-state index contributed by atoms with van der Waals surface area (Å²) in [6.45, 7) is 1.93. The summed E-state index contributed by atoms with van der Waals surface area (Å²) in [4.78, 5) is 22.7. The summed E-state index contributed by atoms with van der Waals surface area (Å²) in [5.41, 5.74) is 0.553. The van der Waals surface area contributed by atoms with Crippen LogP contribution in [0.2, 0.25) is 0 Å². The van der Waals surface area contributed by atoms with Crippen LogP contribution < -0.4 is 10.1 Å². The number of benzene rings is 2. The van der Waals surface area contributed by atoms with E-state index in [1.165, 1.54) is 56.6 Å². The van der Waals surface area contributed by atoms with Crippen molar-refractivity contribution in [1.82, 2.24) is 9.62 Å². The van der Waals surface area contributed by atoms with Gasteiger partial charge in [-0.2, -0.15) is 0 Å². The van der Waals surface area contributed by atoms with Gasteiger partial charge in [-0.15, -0.1) is 0 Å². The number of carbonyl (C=O) groups excluding carboxylic acids is 1. The second-order valence-electron chi connectivity index (χ2n) is 6.12. The fourth-order valence-corrected chi connectivity index (χ4v) is 3.20. The lowest BCUT2D eigenvalue weighted by Gasteiger charge is -2.12. The molecule has 2 aromatic rings. The quantitative estimate of drug-likeness (QED) is 0.406. The maximum absolute atomic E-state index is 12.1. The smallest absolute Gasteiger partial charge is 0.273 e. The second-order valence-corrected chi connectivity index (χ2v) is 8.27. The minimum atomic E-state index is -3.50. The van der Waals surface area contributed by atoms with Gasteiger partial charge in [0.15, 0.2) is 0 Å². The van der Waals surface area contributed by atoms with Gasteiger partial charge < -0.3 is 10.1 Å². The van der Waals surface area contributed by atoms with Gasteiger partial charge in [-0.3, -0.25) is 14.9 Å².